The normalized spacial score (nSPS) is 17.1. The van der Waals surface area contributed by atoms with Gasteiger partial charge in [0.15, 0.2) is 0 Å². The molecule has 1 aliphatic heterocycles. The van der Waals surface area contributed by atoms with E-state index in [9.17, 15) is 4.79 Å². The zero-order valence-electron chi connectivity index (χ0n) is 17.3. The van der Waals surface area contributed by atoms with Crippen LogP contribution in [0, 0.1) is 0 Å². The van der Waals surface area contributed by atoms with Crippen LogP contribution in [0.25, 0.3) is 0 Å². The lowest BCUT2D eigenvalue weighted by Gasteiger charge is -2.42. The maximum Gasteiger partial charge on any atom is 0.407 e. The van der Waals surface area contributed by atoms with Crippen molar-refractivity contribution in [2.24, 2.45) is 0 Å². The van der Waals surface area contributed by atoms with Crippen molar-refractivity contribution in [2.45, 2.75) is 51.2 Å². The topological polar surface area (TPSA) is 41.6 Å². The predicted octanol–water partition coefficient (Wildman–Crippen LogP) is 4.75. The molecule has 4 nitrogen and oxygen atoms in total. The van der Waals surface area contributed by atoms with E-state index in [-0.39, 0.29) is 11.5 Å². The number of rotatable bonds is 5. The standard InChI is InChI=1S/C24H32N2O2/c1-23(2,3)28-22(27)25-19-24(21-12-8-5-9-13-21)14-16-26(17-15-24)18-20-10-6-4-7-11-20/h4-13H,14-19H2,1-3H3,(H,25,27). The Bertz CT molecular complexity index is 745. The molecule has 0 radical (unpaired) electrons. The van der Waals surface area contributed by atoms with Crippen LogP contribution in [0.5, 0.6) is 0 Å². The van der Waals surface area contributed by atoms with Crippen LogP contribution in [0.4, 0.5) is 4.79 Å². The molecule has 2 aromatic rings. The van der Waals surface area contributed by atoms with Crippen molar-refractivity contribution in [3.8, 4) is 0 Å². The summed E-state index contributed by atoms with van der Waals surface area (Å²) in [4.78, 5) is 14.7. The molecule has 0 unspecified atom stereocenters. The highest BCUT2D eigenvalue weighted by atomic mass is 16.6. The van der Waals surface area contributed by atoms with E-state index in [1.54, 1.807) is 0 Å². The van der Waals surface area contributed by atoms with Crippen molar-refractivity contribution in [1.82, 2.24) is 10.2 Å². The highest BCUT2D eigenvalue weighted by Crippen LogP contribution is 2.35. The van der Waals surface area contributed by atoms with Crippen molar-refractivity contribution in [2.75, 3.05) is 19.6 Å². The van der Waals surface area contributed by atoms with E-state index in [1.807, 2.05) is 26.8 Å². The molecule has 0 atom stereocenters. The second-order valence-electron chi connectivity index (χ2n) is 8.76. The van der Waals surface area contributed by atoms with E-state index < -0.39 is 5.60 Å². The van der Waals surface area contributed by atoms with Crippen molar-refractivity contribution < 1.29 is 9.53 Å². The summed E-state index contributed by atoms with van der Waals surface area (Å²) in [5.41, 5.74) is 2.11. The molecule has 0 bridgehead atoms. The molecule has 4 heteroatoms. The Kier molecular flexibility index (Phi) is 6.40. The van der Waals surface area contributed by atoms with Crippen molar-refractivity contribution in [3.63, 3.8) is 0 Å². The Morgan fingerprint density at radius 3 is 2.14 bits per heavy atom. The first-order chi connectivity index (χ1) is 13.4. The van der Waals surface area contributed by atoms with Gasteiger partial charge in [-0.3, -0.25) is 4.90 Å². The molecule has 0 saturated carbocycles. The number of ether oxygens (including phenoxy) is 1. The molecule has 1 saturated heterocycles. The van der Waals surface area contributed by atoms with Gasteiger partial charge < -0.3 is 10.1 Å². The molecule has 28 heavy (non-hydrogen) atoms. The quantitative estimate of drug-likeness (QED) is 0.814. The molecule has 1 fully saturated rings. The number of alkyl carbamates (subject to hydrolysis) is 1. The smallest absolute Gasteiger partial charge is 0.407 e. The maximum atomic E-state index is 12.2. The summed E-state index contributed by atoms with van der Waals surface area (Å²) in [5, 5.41) is 3.03. The van der Waals surface area contributed by atoms with E-state index in [0.29, 0.717) is 6.54 Å². The summed E-state index contributed by atoms with van der Waals surface area (Å²) in [6.45, 7) is 9.28. The summed E-state index contributed by atoms with van der Waals surface area (Å²) in [5.74, 6) is 0. The van der Waals surface area contributed by atoms with Gasteiger partial charge in [0.1, 0.15) is 5.60 Å². The Hall–Kier alpha value is -2.33. The monoisotopic (exact) mass is 380 g/mol. The van der Waals surface area contributed by atoms with Crippen LogP contribution in [0.15, 0.2) is 60.7 Å². The van der Waals surface area contributed by atoms with Crippen molar-refractivity contribution in [3.05, 3.63) is 71.8 Å². The second-order valence-corrected chi connectivity index (χ2v) is 8.76. The third-order valence-corrected chi connectivity index (χ3v) is 5.42. The number of nitrogens with one attached hydrogen (secondary N) is 1. The number of benzene rings is 2. The predicted molar refractivity (Wildman–Crippen MR) is 113 cm³/mol. The molecule has 1 heterocycles. The number of piperidine rings is 1. The minimum Gasteiger partial charge on any atom is -0.444 e. The van der Waals surface area contributed by atoms with Gasteiger partial charge in [0.25, 0.3) is 0 Å². The van der Waals surface area contributed by atoms with Gasteiger partial charge in [-0.15, -0.1) is 0 Å². The molecule has 150 valence electrons. The fourth-order valence-electron chi connectivity index (χ4n) is 3.90. The molecule has 3 rings (SSSR count). The fraction of sp³-hybridized carbons (Fsp3) is 0.458. The van der Waals surface area contributed by atoms with E-state index in [1.165, 1.54) is 11.1 Å². The third kappa shape index (κ3) is 5.59. The Morgan fingerprint density at radius 2 is 1.57 bits per heavy atom. The van der Waals surface area contributed by atoms with Crippen LogP contribution < -0.4 is 5.32 Å². The van der Waals surface area contributed by atoms with E-state index >= 15 is 0 Å². The van der Waals surface area contributed by atoms with Crippen LogP contribution in [-0.2, 0) is 16.7 Å². The lowest BCUT2D eigenvalue weighted by Crippen LogP contribution is -2.49. The number of hydrogen-bond acceptors (Lipinski definition) is 3. The van der Waals surface area contributed by atoms with E-state index in [2.05, 4.69) is 64.8 Å². The lowest BCUT2D eigenvalue weighted by atomic mass is 9.72. The zero-order valence-corrected chi connectivity index (χ0v) is 17.3. The summed E-state index contributed by atoms with van der Waals surface area (Å²) in [6.07, 6.45) is 1.69. The Morgan fingerprint density at radius 1 is 1.00 bits per heavy atom. The van der Waals surface area contributed by atoms with Crippen LogP contribution >= 0.6 is 0 Å². The van der Waals surface area contributed by atoms with Crippen LogP contribution in [-0.4, -0.2) is 36.2 Å². The minimum atomic E-state index is -0.483. The molecular formula is C24H32N2O2. The van der Waals surface area contributed by atoms with Gasteiger partial charge in [0, 0.05) is 18.5 Å². The largest absolute Gasteiger partial charge is 0.444 e. The molecule has 1 N–H and O–H groups in total. The summed E-state index contributed by atoms with van der Waals surface area (Å²) >= 11 is 0. The third-order valence-electron chi connectivity index (χ3n) is 5.42. The highest BCUT2D eigenvalue weighted by Gasteiger charge is 2.36. The number of carbonyl (C=O) groups is 1. The number of nitrogens with zero attached hydrogens (tertiary/aromatic N) is 1. The SMILES string of the molecule is CC(C)(C)OC(=O)NCC1(c2ccccc2)CCN(Cc2ccccc2)CC1. The number of hydrogen-bond donors (Lipinski definition) is 1. The van der Waals surface area contributed by atoms with Crippen molar-refractivity contribution >= 4 is 6.09 Å². The molecular weight excluding hydrogens is 348 g/mol. The van der Waals surface area contributed by atoms with Crippen LogP contribution in [0.2, 0.25) is 0 Å². The van der Waals surface area contributed by atoms with Crippen LogP contribution in [0.3, 0.4) is 0 Å². The van der Waals surface area contributed by atoms with Crippen molar-refractivity contribution in [1.29, 1.82) is 0 Å². The average molecular weight is 381 g/mol. The van der Waals surface area contributed by atoms with Gasteiger partial charge in [-0.25, -0.2) is 4.79 Å². The van der Waals surface area contributed by atoms with Crippen LogP contribution in [0.1, 0.15) is 44.7 Å². The molecule has 0 aliphatic carbocycles. The second kappa shape index (κ2) is 8.78. The van der Waals surface area contributed by atoms with Gasteiger partial charge in [-0.1, -0.05) is 60.7 Å². The molecule has 1 aliphatic rings. The molecule has 2 aromatic carbocycles. The van der Waals surface area contributed by atoms with Gasteiger partial charge in [0.2, 0.25) is 0 Å². The average Bonchev–Trinajstić information content (AvgIpc) is 2.68. The first-order valence-corrected chi connectivity index (χ1v) is 10.2. The Balaban J connectivity index is 1.66. The highest BCUT2D eigenvalue weighted by molar-refractivity contribution is 5.67. The lowest BCUT2D eigenvalue weighted by molar-refractivity contribution is 0.0497. The maximum absolute atomic E-state index is 12.2. The Labute approximate surface area is 168 Å². The van der Waals surface area contributed by atoms with Gasteiger partial charge in [-0.2, -0.15) is 0 Å². The van der Waals surface area contributed by atoms with E-state index in [0.717, 1.165) is 32.5 Å². The van der Waals surface area contributed by atoms with Gasteiger partial charge >= 0.3 is 6.09 Å². The fourth-order valence-corrected chi connectivity index (χ4v) is 3.90. The first kappa shape index (κ1) is 20.4. The molecule has 0 spiro atoms. The van der Waals surface area contributed by atoms with E-state index in [4.69, 9.17) is 4.74 Å². The zero-order chi connectivity index (χ0) is 20.0. The number of likely N-dealkylation sites (tertiary alicyclic amines) is 1. The summed E-state index contributed by atoms with van der Waals surface area (Å²) < 4.78 is 5.45. The molecule has 1 amide bonds. The summed E-state index contributed by atoms with van der Waals surface area (Å²) in [6, 6.07) is 21.2. The number of carbonyl (C=O) groups excluding carboxylic acids is 1. The number of amides is 1. The van der Waals surface area contributed by atoms with Gasteiger partial charge in [0.05, 0.1) is 0 Å². The summed E-state index contributed by atoms with van der Waals surface area (Å²) in [7, 11) is 0. The van der Waals surface area contributed by atoms with Gasteiger partial charge in [-0.05, 0) is 57.8 Å². The first-order valence-electron chi connectivity index (χ1n) is 10.2. The molecule has 0 aromatic heterocycles. The minimum absolute atomic E-state index is 0.0502.